The predicted octanol–water partition coefficient (Wildman–Crippen LogP) is 5.01. The molecule has 0 bridgehead atoms. The SMILES string of the molecule is CCS(=O)(=O)c1ccc([C@H](CO)NC(=O)c2ccc(N3CCC[C@H](Oc4ccc(C(F)(F)F)cc4)C3)cc2)cc1. The van der Waals surface area contributed by atoms with E-state index >= 15 is 0 Å². The van der Waals surface area contributed by atoms with E-state index in [9.17, 15) is 31.5 Å². The van der Waals surface area contributed by atoms with Gasteiger partial charge in [-0.25, -0.2) is 8.42 Å². The summed E-state index contributed by atoms with van der Waals surface area (Å²) < 4.78 is 68.4. The molecule has 1 aliphatic heterocycles. The number of nitrogens with one attached hydrogen (secondary N) is 1. The van der Waals surface area contributed by atoms with Gasteiger partial charge in [-0.05, 0) is 79.1 Å². The van der Waals surface area contributed by atoms with Crippen LogP contribution in [0.25, 0.3) is 0 Å². The highest BCUT2D eigenvalue weighted by atomic mass is 32.2. The molecule has 3 aromatic carbocycles. The maximum atomic E-state index is 12.9. The standard InChI is InChI=1S/C29H31F3N2O5S/c1-2-40(37,38)26-15-7-20(8-16-26)27(19-35)33-28(36)21-5-11-23(12-6-21)34-17-3-4-25(18-34)39-24-13-9-22(10-14-24)29(30,31)32/h5-16,25,27,35H,2-4,17-19H2,1H3,(H,33,36)/t25-,27-/m0/s1. The number of benzene rings is 3. The molecule has 1 heterocycles. The Morgan fingerprint density at radius 1 is 1.05 bits per heavy atom. The van der Waals surface area contributed by atoms with Crippen LogP contribution in [0, 0.1) is 0 Å². The van der Waals surface area contributed by atoms with Crippen LogP contribution in [-0.4, -0.2) is 51.0 Å². The zero-order valence-electron chi connectivity index (χ0n) is 21.9. The van der Waals surface area contributed by atoms with Crippen LogP contribution in [0.3, 0.4) is 0 Å². The minimum absolute atomic E-state index is 0.0211. The molecule has 0 radical (unpaired) electrons. The summed E-state index contributed by atoms with van der Waals surface area (Å²) in [6, 6.07) is 17.0. The van der Waals surface area contributed by atoms with E-state index in [0.29, 0.717) is 23.4 Å². The van der Waals surface area contributed by atoms with Crippen molar-refractivity contribution in [1.82, 2.24) is 5.32 Å². The highest BCUT2D eigenvalue weighted by Crippen LogP contribution is 2.31. The molecule has 1 saturated heterocycles. The monoisotopic (exact) mass is 576 g/mol. The maximum absolute atomic E-state index is 12.9. The Hall–Kier alpha value is -3.57. The topological polar surface area (TPSA) is 95.9 Å². The van der Waals surface area contributed by atoms with Gasteiger partial charge in [0.15, 0.2) is 9.84 Å². The fourth-order valence-corrected chi connectivity index (χ4v) is 5.44. The third kappa shape index (κ3) is 7.14. The minimum Gasteiger partial charge on any atom is -0.489 e. The fraction of sp³-hybridized carbons (Fsp3) is 0.345. The zero-order chi connectivity index (χ0) is 28.9. The van der Waals surface area contributed by atoms with Crippen LogP contribution in [0.5, 0.6) is 5.75 Å². The van der Waals surface area contributed by atoms with Gasteiger partial charge in [0.05, 0.1) is 35.4 Å². The molecule has 11 heteroatoms. The summed E-state index contributed by atoms with van der Waals surface area (Å²) in [5.41, 5.74) is 1.13. The van der Waals surface area contributed by atoms with Crippen LogP contribution in [-0.2, 0) is 16.0 Å². The molecule has 2 atom stereocenters. The average molecular weight is 577 g/mol. The first-order valence-electron chi connectivity index (χ1n) is 12.9. The number of sulfone groups is 1. The third-order valence-electron chi connectivity index (χ3n) is 6.87. The van der Waals surface area contributed by atoms with Crippen molar-refractivity contribution in [3.05, 3.63) is 89.5 Å². The quantitative estimate of drug-likeness (QED) is 0.372. The van der Waals surface area contributed by atoms with Crippen LogP contribution in [0.4, 0.5) is 18.9 Å². The summed E-state index contributed by atoms with van der Waals surface area (Å²) in [4.78, 5) is 15.1. The van der Waals surface area contributed by atoms with Gasteiger partial charge in [-0.2, -0.15) is 13.2 Å². The second-order valence-corrected chi connectivity index (χ2v) is 11.9. The third-order valence-corrected chi connectivity index (χ3v) is 8.62. The molecule has 214 valence electrons. The first kappa shape index (κ1) is 29.4. The molecule has 0 spiro atoms. The zero-order valence-corrected chi connectivity index (χ0v) is 22.7. The van der Waals surface area contributed by atoms with Crippen molar-refractivity contribution in [1.29, 1.82) is 0 Å². The Bertz CT molecular complexity index is 1390. The van der Waals surface area contributed by atoms with Gasteiger partial charge in [0.1, 0.15) is 11.9 Å². The highest BCUT2D eigenvalue weighted by molar-refractivity contribution is 7.91. The molecule has 3 aromatic rings. The van der Waals surface area contributed by atoms with E-state index in [4.69, 9.17) is 4.74 Å². The molecule has 2 N–H and O–H groups in total. The number of anilines is 1. The number of piperidine rings is 1. The van der Waals surface area contributed by atoms with Gasteiger partial charge in [-0.1, -0.05) is 19.1 Å². The Kier molecular flexibility index (Phi) is 9.05. The lowest BCUT2D eigenvalue weighted by Gasteiger charge is -2.34. The van der Waals surface area contributed by atoms with E-state index in [1.165, 1.54) is 24.3 Å². The molecule has 4 rings (SSSR count). The summed E-state index contributed by atoms with van der Waals surface area (Å²) in [7, 11) is -3.35. The lowest BCUT2D eigenvalue weighted by atomic mass is 10.1. The van der Waals surface area contributed by atoms with Gasteiger partial charge in [0, 0.05) is 17.8 Å². The number of hydrogen-bond acceptors (Lipinski definition) is 6. The molecule has 0 unspecified atom stereocenters. The number of carbonyl (C=O) groups excluding carboxylic acids is 1. The van der Waals surface area contributed by atoms with Gasteiger partial charge in [0.25, 0.3) is 5.91 Å². The lowest BCUT2D eigenvalue weighted by Crippen LogP contribution is -2.41. The van der Waals surface area contributed by atoms with Crippen LogP contribution < -0.4 is 15.0 Å². The maximum Gasteiger partial charge on any atom is 0.416 e. The van der Waals surface area contributed by atoms with Gasteiger partial charge in [-0.15, -0.1) is 0 Å². The number of aliphatic hydroxyl groups excluding tert-OH is 1. The Morgan fingerprint density at radius 2 is 1.70 bits per heavy atom. The Balaban J connectivity index is 1.36. The first-order valence-corrected chi connectivity index (χ1v) is 14.6. The molecule has 0 aromatic heterocycles. The van der Waals surface area contributed by atoms with E-state index in [2.05, 4.69) is 10.2 Å². The van der Waals surface area contributed by atoms with Gasteiger partial charge in [-0.3, -0.25) is 4.79 Å². The van der Waals surface area contributed by atoms with Crippen molar-refractivity contribution in [3.63, 3.8) is 0 Å². The minimum atomic E-state index is -4.40. The molecule has 1 fully saturated rings. The van der Waals surface area contributed by atoms with Gasteiger partial charge >= 0.3 is 6.18 Å². The Morgan fingerprint density at radius 3 is 2.27 bits per heavy atom. The molecule has 1 aliphatic rings. The molecule has 0 aliphatic carbocycles. The van der Waals surface area contributed by atoms with E-state index in [1.54, 1.807) is 31.2 Å². The molecular weight excluding hydrogens is 545 g/mol. The largest absolute Gasteiger partial charge is 0.489 e. The number of nitrogens with zero attached hydrogens (tertiary/aromatic N) is 1. The summed E-state index contributed by atoms with van der Waals surface area (Å²) in [6.45, 7) is 2.52. The van der Waals surface area contributed by atoms with Crippen molar-refractivity contribution in [2.75, 3.05) is 30.3 Å². The number of ether oxygens (including phenoxy) is 1. The molecule has 1 amide bonds. The fourth-order valence-electron chi connectivity index (χ4n) is 4.56. The molecular formula is C29H31F3N2O5S. The Labute approximate surface area is 231 Å². The number of rotatable bonds is 9. The summed E-state index contributed by atoms with van der Waals surface area (Å²) >= 11 is 0. The average Bonchev–Trinajstić information content (AvgIpc) is 2.96. The second kappa shape index (κ2) is 12.3. The summed E-state index contributed by atoms with van der Waals surface area (Å²) in [5, 5.41) is 12.6. The van der Waals surface area contributed by atoms with Crippen molar-refractivity contribution in [2.45, 2.75) is 43.0 Å². The highest BCUT2D eigenvalue weighted by Gasteiger charge is 2.30. The molecule has 0 saturated carbocycles. The van der Waals surface area contributed by atoms with Crippen LogP contribution in [0.2, 0.25) is 0 Å². The predicted molar refractivity (Wildman–Crippen MR) is 145 cm³/mol. The van der Waals surface area contributed by atoms with E-state index in [-0.39, 0.29) is 23.4 Å². The van der Waals surface area contributed by atoms with Crippen molar-refractivity contribution < 1.29 is 36.2 Å². The summed E-state index contributed by atoms with van der Waals surface area (Å²) in [5.74, 6) is -0.0304. The van der Waals surface area contributed by atoms with Crippen LogP contribution in [0.1, 0.15) is 47.3 Å². The number of alkyl halides is 3. The molecule has 7 nitrogen and oxygen atoms in total. The second-order valence-electron chi connectivity index (χ2n) is 9.58. The first-order chi connectivity index (χ1) is 19.0. The molecule has 40 heavy (non-hydrogen) atoms. The smallest absolute Gasteiger partial charge is 0.416 e. The normalized spacial score (nSPS) is 16.8. The van der Waals surface area contributed by atoms with Crippen molar-refractivity contribution in [3.8, 4) is 5.75 Å². The van der Waals surface area contributed by atoms with Gasteiger partial charge < -0.3 is 20.1 Å². The van der Waals surface area contributed by atoms with Crippen molar-refractivity contribution >= 4 is 21.4 Å². The number of halogens is 3. The van der Waals surface area contributed by atoms with Gasteiger partial charge in [0.2, 0.25) is 0 Å². The number of hydrogen-bond donors (Lipinski definition) is 2. The number of carbonyl (C=O) groups is 1. The summed E-state index contributed by atoms with van der Waals surface area (Å²) in [6.07, 6.45) is -2.99. The number of aliphatic hydroxyl groups is 1. The van der Waals surface area contributed by atoms with E-state index in [1.807, 2.05) is 12.1 Å². The van der Waals surface area contributed by atoms with E-state index < -0.39 is 33.5 Å². The lowest BCUT2D eigenvalue weighted by molar-refractivity contribution is -0.137. The number of amides is 1. The van der Waals surface area contributed by atoms with Crippen molar-refractivity contribution in [2.24, 2.45) is 0 Å². The van der Waals surface area contributed by atoms with Crippen LogP contribution in [0.15, 0.2) is 77.7 Å². The van der Waals surface area contributed by atoms with Crippen LogP contribution >= 0.6 is 0 Å². The van der Waals surface area contributed by atoms with E-state index in [0.717, 1.165) is 37.2 Å².